The van der Waals surface area contributed by atoms with Crippen LogP contribution in [0.1, 0.15) is 17.4 Å². The van der Waals surface area contributed by atoms with Crippen molar-refractivity contribution < 1.29 is 0 Å². The Hall–Kier alpha value is -1.84. The van der Waals surface area contributed by atoms with E-state index in [2.05, 4.69) is 21.7 Å². The zero-order valence-electron chi connectivity index (χ0n) is 11.3. The summed E-state index contributed by atoms with van der Waals surface area (Å²) in [6, 6.07) is 16.0. The highest BCUT2D eigenvalue weighted by Gasteiger charge is 2.17. The number of para-hydroxylation sites is 2. The summed E-state index contributed by atoms with van der Waals surface area (Å²) < 4.78 is 2.18. The van der Waals surface area contributed by atoms with Crippen LogP contribution < -0.4 is 5.73 Å². The first-order chi connectivity index (χ1) is 9.70. The Morgan fingerprint density at radius 1 is 1.20 bits per heavy atom. The summed E-state index contributed by atoms with van der Waals surface area (Å²) in [5, 5.41) is 0.725. The van der Waals surface area contributed by atoms with Crippen LogP contribution in [0, 0.1) is 6.92 Å². The maximum atomic E-state index is 6.10. The minimum Gasteiger partial charge on any atom is -0.328 e. The fourth-order valence-corrected chi connectivity index (χ4v) is 2.86. The number of hydrogen-bond acceptors (Lipinski definition) is 2. The molecule has 0 aliphatic rings. The van der Waals surface area contributed by atoms with Crippen LogP contribution >= 0.6 is 11.6 Å². The number of halogens is 1. The number of nitrogens with two attached hydrogens (primary N) is 1. The molecule has 0 amide bonds. The van der Waals surface area contributed by atoms with Crippen molar-refractivity contribution >= 4 is 22.6 Å². The lowest BCUT2D eigenvalue weighted by Gasteiger charge is -2.20. The smallest absolute Gasteiger partial charge is 0.107 e. The molecule has 3 rings (SSSR count). The summed E-state index contributed by atoms with van der Waals surface area (Å²) in [5.41, 5.74) is 9.21. The standard InChI is InChI=1S/C16H16ClN3/c1-11-19-14-7-2-3-8-15(14)20(11)16(10-18)12-5-4-6-13(17)9-12/h2-9,16H,10,18H2,1H3. The van der Waals surface area contributed by atoms with Gasteiger partial charge in [0.2, 0.25) is 0 Å². The number of imidazole rings is 1. The van der Waals surface area contributed by atoms with Gasteiger partial charge in [-0.15, -0.1) is 0 Å². The Bertz CT molecular complexity index is 748. The summed E-state index contributed by atoms with van der Waals surface area (Å²) in [7, 11) is 0. The number of nitrogens with zero attached hydrogens (tertiary/aromatic N) is 2. The van der Waals surface area contributed by atoms with Gasteiger partial charge >= 0.3 is 0 Å². The Balaban J connectivity index is 2.19. The zero-order chi connectivity index (χ0) is 14.1. The van der Waals surface area contributed by atoms with Gasteiger partial charge in [-0.2, -0.15) is 0 Å². The van der Waals surface area contributed by atoms with E-state index >= 15 is 0 Å². The van der Waals surface area contributed by atoms with Crippen molar-refractivity contribution in [2.45, 2.75) is 13.0 Å². The van der Waals surface area contributed by atoms with Crippen LogP contribution in [0.2, 0.25) is 5.02 Å². The van der Waals surface area contributed by atoms with E-state index in [4.69, 9.17) is 17.3 Å². The molecule has 3 aromatic rings. The topological polar surface area (TPSA) is 43.8 Å². The van der Waals surface area contributed by atoms with Crippen LogP contribution in [0.4, 0.5) is 0 Å². The molecule has 0 saturated carbocycles. The van der Waals surface area contributed by atoms with Crippen molar-refractivity contribution in [3.8, 4) is 0 Å². The highest BCUT2D eigenvalue weighted by molar-refractivity contribution is 6.30. The molecule has 1 aromatic heterocycles. The van der Waals surface area contributed by atoms with Gasteiger partial charge in [-0.1, -0.05) is 35.9 Å². The summed E-state index contributed by atoms with van der Waals surface area (Å²) >= 11 is 6.10. The molecule has 0 saturated heterocycles. The van der Waals surface area contributed by atoms with Crippen molar-refractivity contribution in [3.63, 3.8) is 0 Å². The third kappa shape index (κ3) is 2.19. The lowest BCUT2D eigenvalue weighted by Crippen LogP contribution is -2.21. The van der Waals surface area contributed by atoms with Crippen LogP contribution in [0.5, 0.6) is 0 Å². The van der Waals surface area contributed by atoms with Crippen molar-refractivity contribution in [1.29, 1.82) is 0 Å². The molecule has 2 N–H and O–H groups in total. The van der Waals surface area contributed by atoms with Crippen LogP contribution in [-0.2, 0) is 0 Å². The molecule has 20 heavy (non-hydrogen) atoms. The van der Waals surface area contributed by atoms with Crippen LogP contribution in [0.3, 0.4) is 0 Å². The third-order valence-corrected chi connectivity index (χ3v) is 3.78. The maximum Gasteiger partial charge on any atom is 0.107 e. The normalized spacial score (nSPS) is 12.8. The molecule has 0 radical (unpaired) electrons. The molecule has 0 fully saturated rings. The van der Waals surface area contributed by atoms with E-state index in [0.717, 1.165) is 27.4 Å². The molecule has 3 nitrogen and oxygen atoms in total. The highest BCUT2D eigenvalue weighted by Crippen LogP contribution is 2.26. The molecule has 102 valence electrons. The van der Waals surface area contributed by atoms with Gasteiger partial charge in [0.1, 0.15) is 5.82 Å². The lowest BCUT2D eigenvalue weighted by molar-refractivity contribution is 0.594. The molecule has 0 aliphatic heterocycles. The summed E-state index contributed by atoms with van der Waals surface area (Å²) in [6.45, 7) is 2.51. The predicted molar refractivity (Wildman–Crippen MR) is 83.1 cm³/mol. The molecule has 4 heteroatoms. The number of rotatable bonds is 3. The molecule has 0 bridgehead atoms. The number of aryl methyl sites for hydroxylation is 1. The van der Waals surface area contributed by atoms with E-state index in [1.165, 1.54) is 0 Å². The average molecular weight is 286 g/mol. The molecule has 1 unspecified atom stereocenters. The second kappa shape index (κ2) is 5.27. The average Bonchev–Trinajstić information content (AvgIpc) is 2.77. The molecular formula is C16H16ClN3. The van der Waals surface area contributed by atoms with Gasteiger partial charge in [-0.3, -0.25) is 0 Å². The van der Waals surface area contributed by atoms with E-state index < -0.39 is 0 Å². The van der Waals surface area contributed by atoms with Crippen LogP contribution in [-0.4, -0.2) is 16.1 Å². The number of fused-ring (bicyclic) bond motifs is 1. The number of benzene rings is 2. The third-order valence-electron chi connectivity index (χ3n) is 3.54. The van der Waals surface area contributed by atoms with Crippen LogP contribution in [0.25, 0.3) is 11.0 Å². The van der Waals surface area contributed by atoms with Gasteiger partial charge in [-0.25, -0.2) is 4.98 Å². The highest BCUT2D eigenvalue weighted by atomic mass is 35.5. The second-order valence-corrected chi connectivity index (χ2v) is 5.26. The Labute approximate surface area is 123 Å². The Morgan fingerprint density at radius 3 is 2.75 bits per heavy atom. The van der Waals surface area contributed by atoms with E-state index in [1.807, 2.05) is 43.3 Å². The first kappa shape index (κ1) is 13.2. The van der Waals surface area contributed by atoms with E-state index in [-0.39, 0.29) is 6.04 Å². The minimum atomic E-state index is 0.0427. The molecule has 2 aromatic carbocycles. The maximum absolute atomic E-state index is 6.10. The predicted octanol–water partition coefficient (Wildman–Crippen LogP) is 3.55. The fraction of sp³-hybridized carbons (Fsp3) is 0.188. The summed E-state index contributed by atoms with van der Waals surface area (Å²) in [4.78, 5) is 4.60. The lowest BCUT2D eigenvalue weighted by atomic mass is 10.1. The van der Waals surface area contributed by atoms with Crippen molar-refractivity contribution in [1.82, 2.24) is 9.55 Å². The van der Waals surface area contributed by atoms with Gasteiger partial charge < -0.3 is 10.3 Å². The largest absolute Gasteiger partial charge is 0.328 e. The van der Waals surface area contributed by atoms with Crippen molar-refractivity contribution in [3.05, 3.63) is 64.9 Å². The first-order valence-corrected chi connectivity index (χ1v) is 6.97. The minimum absolute atomic E-state index is 0.0427. The van der Waals surface area contributed by atoms with E-state index in [9.17, 15) is 0 Å². The van der Waals surface area contributed by atoms with E-state index in [0.29, 0.717) is 6.54 Å². The van der Waals surface area contributed by atoms with Gasteiger partial charge in [-0.05, 0) is 36.8 Å². The van der Waals surface area contributed by atoms with Crippen molar-refractivity contribution in [2.75, 3.05) is 6.54 Å². The van der Waals surface area contributed by atoms with Gasteiger partial charge in [0.25, 0.3) is 0 Å². The molecule has 0 aliphatic carbocycles. The molecule has 0 spiro atoms. The second-order valence-electron chi connectivity index (χ2n) is 4.82. The van der Waals surface area contributed by atoms with Gasteiger partial charge in [0.05, 0.1) is 17.1 Å². The fourth-order valence-electron chi connectivity index (χ4n) is 2.66. The van der Waals surface area contributed by atoms with Gasteiger partial charge in [0.15, 0.2) is 0 Å². The summed E-state index contributed by atoms with van der Waals surface area (Å²) in [6.07, 6.45) is 0. The number of aromatic nitrogens is 2. The molecule has 1 heterocycles. The Kier molecular flexibility index (Phi) is 3.47. The van der Waals surface area contributed by atoms with Crippen molar-refractivity contribution in [2.24, 2.45) is 5.73 Å². The monoisotopic (exact) mass is 285 g/mol. The van der Waals surface area contributed by atoms with E-state index in [1.54, 1.807) is 0 Å². The Morgan fingerprint density at radius 2 is 2.00 bits per heavy atom. The SMILES string of the molecule is Cc1nc2ccccc2n1C(CN)c1cccc(Cl)c1. The summed E-state index contributed by atoms with van der Waals surface area (Å²) in [5.74, 6) is 0.960. The first-order valence-electron chi connectivity index (χ1n) is 6.60. The number of hydrogen-bond donors (Lipinski definition) is 1. The molecular weight excluding hydrogens is 270 g/mol. The van der Waals surface area contributed by atoms with Crippen LogP contribution in [0.15, 0.2) is 48.5 Å². The zero-order valence-corrected chi connectivity index (χ0v) is 12.0. The quantitative estimate of drug-likeness (QED) is 0.800. The molecule has 1 atom stereocenters. The van der Waals surface area contributed by atoms with Gasteiger partial charge in [0, 0.05) is 11.6 Å².